The van der Waals surface area contributed by atoms with E-state index in [-0.39, 0.29) is 12.6 Å². The first-order valence-corrected chi connectivity index (χ1v) is 4.10. The molecule has 0 spiro atoms. The molecule has 1 atom stereocenters. The van der Waals surface area contributed by atoms with Crippen LogP contribution in [0.2, 0.25) is 6.82 Å². The van der Waals surface area contributed by atoms with E-state index in [0.29, 0.717) is 0 Å². The summed E-state index contributed by atoms with van der Waals surface area (Å²) in [6.07, 6.45) is 1.62. The van der Waals surface area contributed by atoms with Crippen molar-refractivity contribution in [3.05, 3.63) is 0 Å². The Balaban J connectivity index is 3.08. The molecular weight excluding hydrogens is 159 g/mol. The van der Waals surface area contributed by atoms with E-state index in [4.69, 9.17) is 16.0 Å². The molecule has 0 heterocycles. The zero-order valence-corrected chi connectivity index (χ0v) is 7.36. The van der Waals surface area contributed by atoms with E-state index in [1.165, 1.54) is 0 Å². The van der Waals surface area contributed by atoms with Crippen LogP contribution in [0.5, 0.6) is 0 Å². The molecule has 0 aromatic rings. The van der Waals surface area contributed by atoms with Gasteiger partial charge in [0.15, 0.2) is 0 Å². The van der Waals surface area contributed by atoms with Gasteiger partial charge in [-0.25, -0.2) is 4.89 Å². The van der Waals surface area contributed by atoms with Gasteiger partial charge in [-0.05, 0) is 26.2 Å². The van der Waals surface area contributed by atoms with Crippen LogP contribution in [-0.2, 0) is 4.89 Å². The van der Waals surface area contributed by atoms with Gasteiger partial charge in [0.05, 0.1) is 6.61 Å². The monoisotopic (exact) mass is 176 g/mol. The molecule has 0 aliphatic carbocycles. The predicted molar refractivity (Wildman–Crippen MR) is 47.6 cm³/mol. The van der Waals surface area contributed by atoms with Gasteiger partial charge in [0, 0.05) is 6.04 Å². The highest BCUT2D eigenvalue weighted by Gasteiger charge is 2.03. The maximum Gasteiger partial charge on any atom is 0.373 e. The largest absolute Gasteiger partial charge is 0.437 e. The van der Waals surface area contributed by atoms with Gasteiger partial charge in [0.2, 0.25) is 0 Å². The average Bonchev–Trinajstić information content (AvgIpc) is 1.98. The van der Waals surface area contributed by atoms with E-state index in [1.54, 1.807) is 6.82 Å². The van der Waals surface area contributed by atoms with Gasteiger partial charge in [0.1, 0.15) is 0 Å². The maximum atomic E-state index is 8.81. The molecular formula is C6H17BN2O3. The molecule has 0 aromatic carbocycles. The summed E-state index contributed by atoms with van der Waals surface area (Å²) >= 11 is 0. The molecule has 72 valence electrons. The Kier molecular flexibility index (Phi) is 7.43. The molecule has 0 aliphatic rings. The van der Waals surface area contributed by atoms with Crippen LogP contribution in [0.4, 0.5) is 0 Å². The smallest absolute Gasteiger partial charge is 0.373 e. The molecule has 0 saturated heterocycles. The Hall–Kier alpha value is -0.135. The average molecular weight is 176 g/mol. The van der Waals surface area contributed by atoms with Crippen LogP contribution in [-0.4, -0.2) is 36.5 Å². The normalized spacial score (nSPS) is 13.0. The summed E-state index contributed by atoms with van der Waals surface area (Å²) < 4.78 is 0. The second-order valence-electron chi connectivity index (χ2n) is 2.83. The van der Waals surface area contributed by atoms with E-state index < -0.39 is 7.05 Å². The molecule has 5 N–H and O–H groups in total. The van der Waals surface area contributed by atoms with Crippen molar-refractivity contribution >= 4 is 7.05 Å². The zero-order chi connectivity index (χ0) is 9.40. The van der Waals surface area contributed by atoms with E-state index in [1.807, 2.05) is 0 Å². The number of hydrogen-bond donors (Lipinski definition) is 4. The molecule has 12 heavy (non-hydrogen) atoms. The van der Waals surface area contributed by atoms with Gasteiger partial charge < -0.3 is 16.0 Å². The highest BCUT2D eigenvalue weighted by molar-refractivity contribution is 6.45. The molecule has 0 radical (unpaired) electrons. The predicted octanol–water partition coefficient (Wildman–Crippen LogP) is -0.717. The number of nitrogens with two attached hydrogens (primary N) is 1. The molecule has 0 amide bonds. The SMILES string of the molecule is CB(O)NCCCC(N)COO. The fraction of sp³-hybridized carbons (Fsp3) is 1.00. The molecule has 0 rings (SSSR count). The lowest BCUT2D eigenvalue weighted by molar-refractivity contribution is -0.245. The van der Waals surface area contributed by atoms with Gasteiger partial charge in [-0.1, -0.05) is 0 Å². The molecule has 0 aromatic heterocycles. The van der Waals surface area contributed by atoms with Gasteiger partial charge in [-0.15, -0.1) is 0 Å². The van der Waals surface area contributed by atoms with Gasteiger partial charge in [-0.3, -0.25) is 5.26 Å². The summed E-state index contributed by atoms with van der Waals surface area (Å²) in [6.45, 7) is 2.54. The van der Waals surface area contributed by atoms with E-state index in [9.17, 15) is 0 Å². The van der Waals surface area contributed by atoms with Gasteiger partial charge in [0.25, 0.3) is 0 Å². The first kappa shape index (κ1) is 11.9. The third kappa shape index (κ3) is 7.97. The van der Waals surface area contributed by atoms with Crippen LogP contribution in [0, 0.1) is 0 Å². The Labute approximate surface area is 73.0 Å². The fourth-order valence-corrected chi connectivity index (χ4v) is 0.854. The van der Waals surface area contributed by atoms with E-state index in [2.05, 4.69) is 10.1 Å². The van der Waals surface area contributed by atoms with Crippen LogP contribution < -0.4 is 11.0 Å². The molecule has 0 saturated carbocycles. The Morgan fingerprint density at radius 1 is 1.67 bits per heavy atom. The second kappa shape index (κ2) is 7.51. The minimum absolute atomic E-state index is 0.134. The van der Waals surface area contributed by atoms with Crippen LogP contribution in [0.1, 0.15) is 12.8 Å². The Morgan fingerprint density at radius 3 is 2.83 bits per heavy atom. The quantitative estimate of drug-likeness (QED) is 0.178. The van der Waals surface area contributed by atoms with Crippen molar-refractivity contribution in [1.82, 2.24) is 5.23 Å². The molecule has 0 aliphatic heterocycles. The minimum Gasteiger partial charge on any atom is -0.437 e. The lowest BCUT2D eigenvalue weighted by Crippen LogP contribution is -2.33. The lowest BCUT2D eigenvalue weighted by atomic mass is 9.89. The molecule has 0 fully saturated rings. The summed E-state index contributed by atoms with van der Waals surface area (Å²) in [5.41, 5.74) is 5.53. The van der Waals surface area contributed by atoms with Crippen molar-refractivity contribution < 1.29 is 15.2 Å². The number of nitrogens with one attached hydrogen (secondary N) is 1. The molecule has 5 nitrogen and oxygen atoms in total. The summed E-state index contributed by atoms with van der Waals surface area (Å²) in [5.74, 6) is 0. The summed E-state index contributed by atoms with van der Waals surface area (Å²) in [6, 6.07) is -0.134. The Bertz CT molecular complexity index is 105. The first-order chi connectivity index (χ1) is 5.66. The lowest BCUT2D eigenvalue weighted by Gasteiger charge is -2.09. The van der Waals surface area contributed by atoms with Crippen molar-refractivity contribution in [1.29, 1.82) is 0 Å². The summed E-state index contributed by atoms with van der Waals surface area (Å²) in [4.78, 5) is 3.89. The van der Waals surface area contributed by atoms with Crippen LogP contribution in [0.15, 0.2) is 0 Å². The van der Waals surface area contributed by atoms with Gasteiger partial charge >= 0.3 is 7.05 Å². The highest BCUT2D eigenvalue weighted by Crippen LogP contribution is 1.93. The fourth-order valence-electron chi connectivity index (χ4n) is 0.854. The van der Waals surface area contributed by atoms with Crippen molar-refractivity contribution in [3.63, 3.8) is 0 Å². The van der Waals surface area contributed by atoms with Crippen molar-refractivity contribution in [2.45, 2.75) is 25.7 Å². The number of hydrogen-bond acceptors (Lipinski definition) is 5. The molecule has 1 unspecified atom stereocenters. The van der Waals surface area contributed by atoms with E-state index >= 15 is 0 Å². The third-order valence-electron chi connectivity index (χ3n) is 1.48. The molecule has 6 heteroatoms. The van der Waals surface area contributed by atoms with Crippen LogP contribution in [0.3, 0.4) is 0 Å². The Morgan fingerprint density at radius 2 is 2.33 bits per heavy atom. The minimum atomic E-state index is -0.477. The number of rotatable bonds is 7. The van der Waals surface area contributed by atoms with Crippen LogP contribution >= 0.6 is 0 Å². The van der Waals surface area contributed by atoms with Crippen molar-refractivity contribution in [2.24, 2.45) is 5.73 Å². The maximum absolute atomic E-state index is 8.81. The zero-order valence-electron chi connectivity index (χ0n) is 7.36. The standard InChI is InChI=1S/C6H17BN2O3/c1-7(10)9-4-2-3-6(8)5-12-11/h6,9-11H,2-5,8H2,1H3. The van der Waals surface area contributed by atoms with E-state index in [0.717, 1.165) is 19.4 Å². The molecule has 0 bridgehead atoms. The highest BCUT2D eigenvalue weighted by atomic mass is 17.1. The summed E-state index contributed by atoms with van der Waals surface area (Å²) in [7, 11) is -0.477. The van der Waals surface area contributed by atoms with Crippen LogP contribution in [0.25, 0.3) is 0 Å². The topological polar surface area (TPSA) is 87.7 Å². The third-order valence-corrected chi connectivity index (χ3v) is 1.48. The summed E-state index contributed by atoms with van der Waals surface area (Å²) in [5, 5.41) is 19.7. The second-order valence-corrected chi connectivity index (χ2v) is 2.83. The van der Waals surface area contributed by atoms with Crippen molar-refractivity contribution in [2.75, 3.05) is 13.2 Å². The van der Waals surface area contributed by atoms with Gasteiger partial charge in [-0.2, -0.15) is 0 Å². The van der Waals surface area contributed by atoms with Crippen molar-refractivity contribution in [3.8, 4) is 0 Å². The first-order valence-electron chi connectivity index (χ1n) is 4.10.